The van der Waals surface area contributed by atoms with E-state index >= 15 is 0 Å². The molecule has 1 aromatic heterocycles. The average Bonchev–Trinajstić information content (AvgIpc) is 3.06. The van der Waals surface area contributed by atoms with E-state index in [9.17, 15) is 9.59 Å². The van der Waals surface area contributed by atoms with Gasteiger partial charge in [0.1, 0.15) is 0 Å². The van der Waals surface area contributed by atoms with Crippen molar-refractivity contribution in [1.82, 2.24) is 5.32 Å². The summed E-state index contributed by atoms with van der Waals surface area (Å²) in [7, 11) is 0. The van der Waals surface area contributed by atoms with Gasteiger partial charge in [-0.1, -0.05) is 30.3 Å². The summed E-state index contributed by atoms with van der Waals surface area (Å²) in [5, 5.41) is 4.67. The second-order valence-corrected chi connectivity index (χ2v) is 5.96. The average molecular weight is 329 g/mol. The van der Waals surface area contributed by atoms with Gasteiger partial charge in [-0.2, -0.15) is 0 Å². The lowest BCUT2D eigenvalue weighted by Gasteiger charge is -2.07. The van der Waals surface area contributed by atoms with E-state index in [1.807, 2.05) is 48.7 Å². The maximum absolute atomic E-state index is 11.6. The molecule has 0 unspecified atom stereocenters. The minimum atomic E-state index is -0.521. The summed E-state index contributed by atoms with van der Waals surface area (Å²) in [5.41, 5.74) is 2.40. The number of thiophene rings is 1. The molecular weight excluding hydrogens is 310 g/mol. The highest BCUT2D eigenvalue weighted by Gasteiger charge is 2.05. The van der Waals surface area contributed by atoms with E-state index < -0.39 is 5.97 Å². The van der Waals surface area contributed by atoms with Crippen LogP contribution in [0.4, 0.5) is 0 Å². The number of amides is 1. The molecule has 2 rings (SSSR count). The summed E-state index contributed by atoms with van der Waals surface area (Å²) in [6, 6.07) is 11.8. The highest BCUT2D eigenvalue weighted by molar-refractivity contribution is 7.10. The number of hydrogen-bond acceptors (Lipinski definition) is 4. The lowest BCUT2D eigenvalue weighted by Crippen LogP contribution is -2.30. The van der Waals surface area contributed by atoms with E-state index in [-0.39, 0.29) is 12.5 Å². The van der Waals surface area contributed by atoms with Gasteiger partial charge in [-0.05, 0) is 42.0 Å². The maximum Gasteiger partial charge on any atom is 0.331 e. The van der Waals surface area contributed by atoms with Crippen molar-refractivity contribution < 1.29 is 14.3 Å². The van der Waals surface area contributed by atoms with Gasteiger partial charge in [-0.25, -0.2) is 4.79 Å². The zero-order chi connectivity index (χ0) is 16.5. The summed E-state index contributed by atoms with van der Waals surface area (Å²) in [6.07, 6.45) is 3.75. The van der Waals surface area contributed by atoms with Crippen molar-refractivity contribution in [3.05, 3.63) is 63.9 Å². The third-order valence-electron chi connectivity index (χ3n) is 3.25. The normalized spacial score (nSPS) is 10.7. The third kappa shape index (κ3) is 6.08. The van der Waals surface area contributed by atoms with Crippen molar-refractivity contribution in [2.24, 2.45) is 0 Å². The predicted octanol–water partition coefficient (Wildman–Crippen LogP) is 2.97. The second-order valence-electron chi connectivity index (χ2n) is 4.98. The summed E-state index contributed by atoms with van der Waals surface area (Å²) < 4.78 is 4.90. The highest BCUT2D eigenvalue weighted by atomic mass is 32.1. The molecule has 0 aliphatic carbocycles. The van der Waals surface area contributed by atoms with Gasteiger partial charge < -0.3 is 10.1 Å². The van der Waals surface area contributed by atoms with Gasteiger partial charge in [0, 0.05) is 17.5 Å². The third-order valence-corrected chi connectivity index (χ3v) is 4.09. The van der Waals surface area contributed by atoms with Gasteiger partial charge >= 0.3 is 5.97 Å². The Morgan fingerprint density at radius 3 is 2.78 bits per heavy atom. The molecule has 1 amide bonds. The van der Waals surface area contributed by atoms with Crippen molar-refractivity contribution in [2.75, 3.05) is 13.2 Å². The molecule has 4 nitrogen and oxygen atoms in total. The molecule has 0 saturated heterocycles. The van der Waals surface area contributed by atoms with Crippen molar-refractivity contribution in [3.63, 3.8) is 0 Å². The molecule has 0 atom stereocenters. The molecule has 0 aliphatic heterocycles. The van der Waals surface area contributed by atoms with E-state index in [0.29, 0.717) is 6.54 Å². The molecule has 0 fully saturated rings. The fourth-order valence-electron chi connectivity index (χ4n) is 2.00. The number of ether oxygens (including phenoxy) is 1. The van der Waals surface area contributed by atoms with E-state index in [2.05, 4.69) is 5.32 Å². The quantitative estimate of drug-likeness (QED) is 0.627. The Labute approximate surface area is 139 Å². The lowest BCUT2D eigenvalue weighted by molar-refractivity contribution is -0.143. The standard InChI is InChI=1S/C18H19NO3S/c1-14-5-2-3-6-15(14)10-11-19-17(20)13-22-18(21)9-8-16-7-4-12-23-16/h2-9,12H,10-11,13H2,1H3,(H,19,20)/b9-8+. The first-order valence-electron chi connectivity index (χ1n) is 7.34. The van der Waals surface area contributed by atoms with E-state index in [1.54, 1.807) is 6.08 Å². The minimum Gasteiger partial charge on any atom is -0.452 e. The number of rotatable bonds is 7. The Balaban J connectivity index is 1.65. The summed E-state index contributed by atoms with van der Waals surface area (Å²) in [4.78, 5) is 24.1. The number of nitrogens with one attached hydrogen (secondary N) is 1. The van der Waals surface area contributed by atoms with Crippen LogP contribution in [0.5, 0.6) is 0 Å². The number of carbonyl (C=O) groups excluding carboxylic acids is 2. The van der Waals surface area contributed by atoms with Crippen LogP contribution in [-0.2, 0) is 20.7 Å². The van der Waals surface area contributed by atoms with Crippen molar-refractivity contribution in [2.45, 2.75) is 13.3 Å². The smallest absolute Gasteiger partial charge is 0.331 e. The molecule has 120 valence electrons. The Morgan fingerprint density at radius 2 is 2.04 bits per heavy atom. The molecule has 0 spiro atoms. The van der Waals surface area contributed by atoms with Crippen molar-refractivity contribution in [3.8, 4) is 0 Å². The maximum atomic E-state index is 11.6. The highest BCUT2D eigenvalue weighted by Crippen LogP contribution is 2.10. The van der Waals surface area contributed by atoms with Gasteiger partial charge in [-0.3, -0.25) is 4.79 Å². The molecule has 0 saturated carbocycles. The van der Waals surface area contributed by atoms with Crippen LogP contribution in [0.2, 0.25) is 0 Å². The van der Waals surface area contributed by atoms with Crippen LogP contribution in [0, 0.1) is 6.92 Å². The van der Waals surface area contributed by atoms with Crippen LogP contribution in [0.1, 0.15) is 16.0 Å². The molecule has 2 aromatic rings. The zero-order valence-corrected chi connectivity index (χ0v) is 13.8. The topological polar surface area (TPSA) is 55.4 Å². The number of esters is 1. The van der Waals surface area contributed by atoms with Crippen LogP contribution in [0.15, 0.2) is 47.9 Å². The van der Waals surface area contributed by atoms with Gasteiger partial charge in [0.15, 0.2) is 6.61 Å². The summed E-state index contributed by atoms with van der Waals surface area (Å²) in [6.45, 7) is 2.30. The van der Waals surface area contributed by atoms with E-state index in [4.69, 9.17) is 4.74 Å². The van der Waals surface area contributed by atoms with E-state index in [1.165, 1.54) is 28.5 Å². The van der Waals surface area contributed by atoms with Crippen molar-refractivity contribution in [1.29, 1.82) is 0 Å². The fraction of sp³-hybridized carbons (Fsp3) is 0.222. The van der Waals surface area contributed by atoms with Gasteiger partial charge in [0.25, 0.3) is 5.91 Å². The molecule has 0 aliphatic rings. The number of benzene rings is 1. The minimum absolute atomic E-state index is 0.263. The molecule has 1 heterocycles. The molecular formula is C18H19NO3S. The lowest BCUT2D eigenvalue weighted by atomic mass is 10.1. The van der Waals surface area contributed by atoms with Crippen LogP contribution in [0.3, 0.4) is 0 Å². The summed E-state index contributed by atoms with van der Waals surface area (Å²) >= 11 is 1.53. The van der Waals surface area contributed by atoms with Crippen LogP contribution < -0.4 is 5.32 Å². The number of aryl methyl sites for hydroxylation is 1. The van der Waals surface area contributed by atoms with Gasteiger partial charge in [0.2, 0.25) is 0 Å². The van der Waals surface area contributed by atoms with Crippen LogP contribution in [-0.4, -0.2) is 25.0 Å². The largest absolute Gasteiger partial charge is 0.452 e. The van der Waals surface area contributed by atoms with E-state index in [0.717, 1.165) is 11.3 Å². The molecule has 1 aromatic carbocycles. The SMILES string of the molecule is Cc1ccccc1CCNC(=O)COC(=O)/C=C/c1cccs1. The molecule has 1 N–H and O–H groups in total. The number of carbonyl (C=O) groups is 2. The molecule has 5 heteroatoms. The Kier molecular flexibility index (Phi) is 6.56. The molecule has 0 bridgehead atoms. The predicted molar refractivity (Wildman–Crippen MR) is 92.2 cm³/mol. The Hall–Kier alpha value is -2.40. The van der Waals surface area contributed by atoms with Crippen LogP contribution in [0.25, 0.3) is 6.08 Å². The first-order valence-corrected chi connectivity index (χ1v) is 8.22. The van der Waals surface area contributed by atoms with Gasteiger partial charge in [-0.15, -0.1) is 11.3 Å². The number of hydrogen-bond donors (Lipinski definition) is 1. The van der Waals surface area contributed by atoms with Gasteiger partial charge in [0.05, 0.1) is 0 Å². The Bertz CT molecular complexity index is 677. The first-order chi connectivity index (χ1) is 11.1. The zero-order valence-electron chi connectivity index (χ0n) is 13.0. The summed E-state index contributed by atoms with van der Waals surface area (Å²) in [5.74, 6) is -0.816. The molecule has 0 radical (unpaired) electrons. The fourth-order valence-corrected chi connectivity index (χ4v) is 2.62. The molecule has 23 heavy (non-hydrogen) atoms. The Morgan fingerprint density at radius 1 is 1.22 bits per heavy atom. The monoisotopic (exact) mass is 329 g/mol. The van der Waals surface area contributed by atoms with Crippen molar-refractivity contribution >= 4 is 29.3 Å². The first kappa shape index (κ1) is 17.0. The second kappa shape index (κ2) is 8.90. The van der Waals surface area contributed by atoms with Crippen LogP contribution >= 0.6 is 11.3 Å².